The fraction of sp³-hybridized carbons (Fsp3) is 0. The van der Waals surface area contributed by atoms with Gasteiger partial charge in [0.15, 0.2) is 0 Å². The molecule has 0 aliphatic rings. The predicted molar refractivity (Wildman–Crippen MR) is 97.3 cm³/mol. The molecule has 3 aromatic carbocycles. The van der Waals surface area contributed by atoms with Gasteiger partial charge in [0.1, 0.15) is 11.5 Å². The zero-order valence-electron chi connectivity index (χ0n) is 13.2. The Labute approximate surface area is 144 Å². The Hall–Kier alpha value is -3.67. The monoisotopic (exact) mass is 333 g/mol. The SMILES string of the molecule is O=[N+]([O-])c1ccc(NN=Cc2cccc(Oc3ccccc3)c2)cc1. The second kappa shape index (κ2) is 7.74. The Kier molecular flexibility index (Phi) is 5.01. The number of non-ortho nitro benzene ring substituents is 1. The molecule has 0 aliphatic carbocycles. The number of hydrazone groups is 1. The van der Waals surface area contributed by atoms with E-state index in [1.165, 1.54) is 12.1 Å². The van der Waals surface area contributed by atoms with Gasteiger partial charge in [0, 0.05) is 12.1 Å². The second-order valence-electron chi connectivity index (χ2n) is 5.16. The van der Waals surface area contributed by atoms with E-state index in [4.69, 9.17) is 4.74 Å². The summed E-state index contributed by atoms with van der Waals surface area (Å²) < 4.78 is 5.77. The number of anilines is 1. The quantitative estimate of drug-likeness (QED) is 0.398. The Morgan fingerprint density at radius 3 is 2.36 bits per heavy atom. The Morgan fingerprint density at radius 2 is 1.64 bits per heavy atom. The van der Waals surface area contributed by atoms with Crippen LogP contribution in [0.5, 0.6) is 11.5 Å². The standard InChI is InChI=1S/C19H15N3O3/c23-22(24)17-11-9-16(10-12-17)21-20-14-15-5-4-8-19(13-15)25-18-6-2-1-3-7-18/h1-14,21H. The summed E-state index contributed by atoms with van der Waals surface area (Å²) >= 11 is 0. The van der Waals surface area contributed by atoms with Gasteiger partial charge in [0.2, 0.25) is 0 Å². The number of nitro benzene ring substituents is 1. The van der Waals surface area contributed by atoms with Crippen molar-refractivity contribution >= 4 is 17.6 Å². The number of nitrogens with zero attached hydrogens (tertiary/aromatic N) is 2. The van der Waals surface area contributed by atoms with Gasteiger partial charge in [0.25, 0.3) is 5.69 Å². The van der Waals surface area contributed by atoms with Gasteiger partial charge in [-0.3, -0.25) is 15.5 Å². The van der Waals surface area contributed by atoms with E-state index in [2.05, 4.69) is 10.5 Å². The van der Waals surface area contributed by atoms with E-state index in [1.807, 2.05) is 54.6 Å². The molecule has 6 heteroatoms. The van der Waals surface area contributed by atoms with E-state index in [0.717, 1.165) is 11.3 Å². The van der Waals surface area contributed by atoms with E-state index in [0.29, 0.717) is 11.4 Å². The van der Waals surface area contributed by atoms with E-state index >= 15 is 0 Å². The summed E-state index contributed by atoms with van der Waals surface area (Å²) in [6.07, 6.45) is 1.65. The molecule has 0 unspecified atom stereocenters. The van der Waals surface area contributed by atoms with Crippen LogP contribution < -0.4 is 10.2 Å². The maximum absolute atomic E-state index is 10.6. The van der Waals surface area contributed by atoms with Crippen LogP contribution in [-0.2, 0) is 0 Å². The molecule has 0 bridgehead atoms. The predicted octanol–water partition coefficient (Wildman–Crippen LogP) is 4.83. The number of benzene rings is 3. The zero-order valence-corrected chi connectivity index (χ0v) is 13.2. The summed E-state index contributed by atoms with van der Waals surface area (Å²) in [5.74, 6) is 1.48. The van der Waals surface area contributed by atoms with Crippen molar-refractivity contribution in [2.24, 2.45) is 5.10 Å². The molecule has 124 valence electrons. The molecule has 0 heterocycles. The highest BCUT2D eigenvalue weighted by molar-refractivity contribution is 5.80. The van der Waals surface area contributed by atoms with Crippen LogP contribution >= 0.6 is 0 Å². The minimum absolute atomic E-state index is 0.0419. The van der Waals surface area contributed by atoms with Crippen molar-refractivity contribution in [2.75, 3.05) is 5.43 Å². The van der Waals surface area contributed by atoms with Gasteiger partial charge < -0.3 is 4.74 Å². The number of ether oxygens (including phenoxy) is 1. The number of nitrogens with one attached hydrogen (secondary N) is 1. The summed E-state index contributed by atoms with van der Waals surface area (Å²) in [6, 6.07) is 23.1. The smallest absolute Gasteiger partial charge is 0.269 e. The van der Waals surface area contributed by atoms with E-state index in [-0.39, 0.29) is 5.69 Å². The minimum Gasteiger partial charge on any atom is -0.457 e. The maximum Gasteiger partial charge on any atom is 0.269 e. The molecule has 3 rings (SSSR count). The summed E-state index contributed by atoms with van der Waals surface area (Å²) in [5.41, 5.74) is 4.41. The third kappa shape index (κ3) is 4.65. The highest BCUT2D eigenvalue weighted by Crippen LogP contribution is 2.21. The van der Waals surface area contributed by atoms with Crippen LogP contribution in [0.15, 0.2) is 84.0 Å². The van der Waals surface area contributed by atoms with Crippen molar-refractivity contribution in [3.63, 3.8) is 0 Å². The Morgan fingerprint density at radius 1 is 0.920 bits per heavy atom. The van der Waals surface area contributed by atoms with Crippen molar-refractivity contribution in [1.29, 1.82) is 0 Å². The van der Waals surface area contributed by atoms with Gasteiger partial charge in [-0.15, -0.1) is 0 Å². The van der Waals surface area contributed by atoms with Crippen molar-refractivity contribution in [3.8, 4) is 11.5 Å². The number of nitro groups is 1. The lowest BCUT2D eigenvalue weighted by Gasteiger charge is -2.05. The van der Waals surface area contributed by atoms with Gasteiger partial charge in [-0.05, 0) is 42.0 Å². The van der Waals surface area contributed by atoms with Crippen LogP contribution in [0.25, 0.3) is 0 Å². The fourth-order valence-electron chi connectivity index (χ4n) is 2.12. The average Bonchev–Trinajstić information content (AvgIpc) is 2.63. The fourth-order valence-corrected chi connectivity index (χ4v) is 2.12. The van der Waals surface area contributed by atoms with Crippen molar-refractivity contribution in [3.05, 3.63) is 94.5 Å². The molecule has 0 spiro atoms. The molecular weight excluding hydrogens is 318 g/mol. The molecule has 0 fully saturated rings. The lowest BCUT2D eigenvalue weighted by atomic mass is 10.2. The lowest BCUT2D eigenvalue weighted by Crippen LogP contribution is -1.92. The molecule has 6 nitrogen and oxygen atoms in total. The minimum atomic E-state index is -0.439. The second-order valence-corrected chi connectivity index (χ2v) is 5.16. The molecular formula is C19H15N3O3. The van der Waals surface area contributed by atoms with E-state index in [9.17, 15) is 10.1 Å². The van der Waals surface area contributed by atoms with Gasteiger partial charge in [-0.2, -0.15) is 5.10 Å². The van der Waals surface area contributed by atoms with Gasteiger partial charge in [-0.25, -0.2) is 0 Å². The molecule has 0 aromatic heterocycles. The van der Waals surface area contributed by atoms with Crippen LogP contribution in [0.2, 0.25) is 0 Å². The molecule has 25 heavy (non-hydrogen) atoms. The summed E-state index contributed by atoms with van der Waals surface area (Å²) in [7, 11) is 0. The van der Waals surface area contributed by atoms with Crippen LogP contribution in [0.3, 0.4) is 0 Å². The molecule has 0 saturated carbocycles. The van der Waals surface area contributed by atoms with Crippen molar-refractivity contribution < 1.29 is 9.66 Å². The number of hydrogen-bond acceptors (Lipinski definition) is 5. The highest BCUT2D eigenvalue weighted by Gasteiger charge is 2.03. The number of para-hydroxylation sites is 1. The van der Waals surface area contributed by atoms with Gasteiger partial charge in [0.05, 0.1) is 16.8 Å². The molecule has 0 aliphatic heterocycles. The van der Waals surface area contributed by atoms with Crippen molar-refractivity contribution in [2.45, 2.75) is 0 Å². The summed E-state index contributed by atoms with van der Waals surface area (Å²) in [4.78, 5) is 10.2. The Balaban J connectivity index is 1.63. The highest BCUT2D eigenvalue weighted by atomic mass is 16.6. The summed E-state index contributed by atoms with van der Waals surface area (Å²) in [5, 5.41) is 14.8. The maximum atomic E-state index is 10.6. The number of hydrogen-bond donors (Lipinski definition) is 1. The first kappa shape index (κ1) is 16.2. The average molecular weight is 333 g/mol. The summed E-state index contributed by atoms with van der Waals surface area (Å²) in [6.45, 7) is 0. The molecule has 3 aromatic rings. The molecule has 0 amide bonds. The lowest BCUT2D eigenvalue weighted by molar-refractivity contribution is -0.384. The van der Waals surface area contributed by atoms with E-state index < -0.39 is 4.92 Å². The normalized spacial score (nSPS) is 10.6. The Bertz CT molecular complexity index is 878. The first-order valence-electron chi connectivity index (χ1n) is 7.57. The topological polar surface area (TPSA) is 76.8 Å². The third-order valence-corrected chi connectivity index (χ3v) is 3.32. The molecule has 0 atom stereocenters. The zero-order chi connectivity index (χ0) is 17.5. The first-order chi connectivity index (χ1) is 12.2. The van der Waals surface area contributed by atoms with Crippen LogP contribution in [0.4, 0.5) is 11.4 Å². The van der Waals surface area contributed by atoms with E-state index in [1.54, 1.807) is 18.3 Å². The van der Waals surface area contributed by atoms with Crippen LogP contribution in [0, 0.1) is 10.1 Å². The van der Waals surface area contributed by atoms with Crippen LogP contribution in [0.1, 0.15) is 5.56 Å². The molecule has 0 saturated heterocycles. The van der Waals surface area contributed by atoms with Gasteiger partial charge in [-0.1, -0.05) is 30.3 Å². The largest absolute Gasteiger partial charge is 0.457 e. The first-order valence-corrected chi connectivity index (χ1v) is 7.57. The number of rotatable bonds is 6. The van der Waals surface area contributed by atoms with Gasteiger partial charge >= 0.3 is 0 Å². The third-order valence-electron chi connectivity index (χ3n) is 3.32. The molecule has 1 N–H and O–H groups in total. The molecule has 0 radical (unpaired) electrons. The van der Waals surface area contributed by atoms with Crippen molar-refractivity contribution in [1.82, 2.24) is 0 Å². The van der Waals surface area contributed by atoms with Crippen LogP contribution in [-0.4, -0.2) is 11.1 Å².